The molecule has 5 heteroatoms. The summed E-state index contributed by atoms with van der Waals surface area (Å²) in [6.07, 6.45) is 8.19. The maximum atomic E-state index is 4.60. The molecule has 1 heterocycles. The minimum Gasteiger partial charge on any atom is -0.370 e. The van der Waals surface area contributed by atoms with E-state index < -0.39 is 0 Å². The normalized spacial score (nSPS) is 21.0. The van der Waals surface area contributed by atoms with Gasteiger partial charge in [0.05, 0.1) is 0 Å². The third kappa shape index (κ3) is 5.06. The molecule has 1 aromatic heterocycles. The van der Waals surface area contributed by atoms with Gasteiger partial charge in [0.15, 0.2) is 5.16 Å². The Bertz CT molecular complexity index is 462. The van der Waals surface area contributed by atoms with Crippen molar-refractivity contribution >= 4 is 23.4 Å². The van der Waals surface area contributed by atoms with Crippen LogP contribution in [0.5, 0.6) is 0 Å². The third-order valence-corrected chi connectivity index (χ3v) is 4.55. The van der Waals surface area contributed by atoms with Crippen LogP contribution in [0.4, 0.5) is 11.6 Å². The Kier molecular flexibility index (Phi) is 5.73. The van der Waals surface area contributed by atoms with Crippen LogP contribution in [0.2, 0.25) is 0 Å². The van der Waals surface area contributed by atoms with E-state index >= 15 is 0 Å². The standard InChI is InChI=1S/C16H28N4S/c1-5-9-17-13-10-14(20-15(19-13)21-4)18-12-7-6-8-16(2,3)11-12/h10,12H,5-9,11H2,1-4H3,(H2,17,18,19,20). The Morgan fingerprint density at radius 3 is 2.76 bits per heavy atom. The van der Waals surface area contributed by atoms with Gasteiger partial charge < -0.3 is 10.6 Å². The molecule has 1 atom stereocenters. The molecular weight excluding hydrogens is 280 g/mol. The highest BCUT2D eigenvalue weighted by atomic mass is 32.2. The first kappa shape index (κ1) is 16.4. The van der Waals surface area contributed by atoms with Crippen LogP contribution in [0, 0.1) is 5.41 Å². The lowest BCUT2D eigenvalue weighted by Crippen LogP contribution is -2.32. The van der Waals surface area contributed by atoms with E-state index in [0.29, 0.717) is 11.5 Å². The van der Waals surface area contributed by atoms with E-state index in [1.54, 1.807) is 11.8 Å². The molecule has 1 aliphatic rings. The van der Waals surface area contributed by atoms with E-state index in [9.17, 15) is 0 Å². The summed E-state index contributed by atoms with van der Waals surface area (Å²) in [7, 11) is 0. The second-order valence-corrected chi connectivity index (χ2v) is 7.43. The zero-order valence-corrected chi connectivity index (χ0v) is 14.5. The summed E-state index contributed by atoms with van der Waals surface area (Å²) in [5.74, 6) is 1.88. The summed E-state index contributed by atoms with van der Waals surface area (Å²) in [6, 6.07) is 2.56. The first-order valence-corrected chi connectivity index (χ1v) is 9.18. The van der Waals surface area contributed by atoms with Gasteiger partial charge in [-0.15, -0.1) is 0 Å². The number of hydrogen-bond acceptors (Lipinski definition) is 5. The van der Waals surface area contributed by atoms with Crippen molar-refractivity contribution in [2.24, 2.45) is 5.41 Å². The average molecular weight is 308 g/mol. The minimum atomic E-state index is 0.439. The molecule has 0 aliphatic heterocycles. The van der Waals surface area contributed by atoms with Gasteiger partial charge in [-0.3, -0.25) is 0 Å². The molecule has 1 aromatic rings. The van der Waals surface area contributed by atoms with Gasteiger partial charge >= 0.3 is 0 Å². The molecule has 118 valence electrons. The highest BCUT2D eigenvalue weighted by Crippen LogP contribution is 2.36. The molecule has 0 spiro atoms. The highest BCUT2D eigenvalue weighted by molar-refractivity contribution is 7.98. The van der Waals surface area contributed by atoms with Crippen molar-refractivity contribution < 1.29 is 0 Å². The van der Waals surface area contributed by atoms with E-state index in [4.69, 9.17) is 0 Å². The van der Waals surface area contributed by atoms with Crippen LogP contribution in [0.1, 0.15) is 52.9 Å². The molecule has 1 unspecified atom stereocenters. The van der Waals surface area contributed by atoms with Crippen LogP contribution >= 0.6 is 11.8 Å². The molecule has 0 amide bonds. The largest absolute Gasteiger partial charge is 0.370 e. The van der Waals surface area contributed by atoms with Crippen molar-refractivity contribution in [1.82, 2.24) is 9.97 Å². The minimum absolute atomic E-state index is 0.439. The topological polar surface area (TPSA) is 49.8 Å². The number of thioether (sulfide) groups is 1. The molecule has 4 nitrogen and oxygen atoms in total. The Morgan fingerprint density at radius 2 is 2.10 bits per heavy atom. The molecular formula is C16H28N4S. The van der Waals surface area contributed by atoms with Crippen LogP contribution in [0.3, 0.4) is 0 Å². The number of nitrogens with zero attached hydrogens (tertiary/aromatic N) is 2. The fraction of sp³-hybridized carbons (Fsp3) is 0.750. The predicted octanol–water partition coefficient (Wildman–Crippen LogP) is 4.40. The van der Waals surface area contributed by atoms with Gasteiger partial charge in [0, 0.05) is 18.7 Å². The first-order chi connectivity index (χ1) is 10.0. The van der Waals surface area contributed by atoms with E-state index in [1.807, 2.05) is 12.3 Å². The lowest BCUT2D eigenvalue weighted by atomic mass is 9.75. The van der Waals surface area contributed by atoms with Crippen LogP contribution in [0.25, 0.3) is 0 Å². The van der Waals surface area contributed by atoms with E-state index in [2.05, 4.69) is 41.4 Å². The van der Waals surface area contributed by atoms with Gasteiger partial charge in [-0.05, 0) is 37.4 Å². The molecule has 21 heavy (non-hydrogen) atoms. The summed E-state index contributed by atoms with van der Waals surface area (Å²) in [5.41, 5.74) is 0.439. The zero-order chi connectivity index (χ0) is 15.3. The Hall–Kier alpha value is -0.970. The number of rotatable bonds is 6. The van der Waals surface area contributed by atoms with E-state index in [-0.39, 0.29) is 0 Å². The Balaban J connectivity index is 2.07. The molecule has 2 N–H and O–H groups in total. The fourth-order valence-corrected chi connectivity index (χ4v) is 3.34. The van der Waals surface area contributed by atoms with Gasteiger partial charge in [0.2, 0.25) is 0 Å². The summed E-state index contributed by atoms with van der Waals surface area (Å²) < 4.78 is 0. The van der Waals surface area contributed by atoms with Crippen molar-refractivity contribution in [3.05, 3.63) is 6.07 Å². The van der Waals surface area contributed by atoms with Crippen molar-refractivity contribution in [1.29, 1.82) is 0 Å². The second kappa shape index (κ2) is 7.34. The summed E-state index contributed by atoms with van der Waals surface area (Å²) in [6.45, 7) is 7.83. The lowest BCUT2D eigenvalue weighted by molar-refractivity contribution is 0.229. The van der Waals surface area contributed by atoms with E-state index in [0.717, 1.165) is 29.8 Å². The van der Waals surface area contributed by atoms with Gasteiger partial charge in [-0.25, -0.2) is 9.97 Å². The highest BCUT2D eigenvalue weighted by Gasteiger charge is 2.28. The lowest BCUT2D eigenvalue weighted by Gasteiger charge is -2.35. The van der Waals surface area contributed by atoms with E-state index in [1.165, 1.54) is 25.7 Å². The summed E-state index contributed by atoms with van der Waals surface area (Å²) in [5, 5.41) is 7.81. The van der Waals surface area contributed by atoms with Crippen molar-refractivity contribution in [3.63, 3.8) is 0 Å². The molecule has 1 saturated carbocycles. The van der Waals surface area contributed by atoms with Crippen molar-refractivity contribution in [2.75, 3.05) is 23.4 Å². The van der Waals surface area contributed by atoms with Gasteiger partial charge in [-0.1, -0.05) is 39.0 Å². The molecule has 0 bridgehead atoms. The summed E-state index contributed by atoms with van der Waals surface area (Å²) >= 11 is 1.59. The van der Waals surface area contributed by atoms with Crippen LogP contribution in [-0.2, 0) is 0 Å². The van der Waals surface area contributed by atoms with Crippen LogP contribution < -0.4 is 10.6 Å². The molecule has 1 fully saturated rings. The third-order valence-electron chi connectivity index (χ3n) is 4.00. The number of aromatic nitrogens is 2. The smallest absolute Gasteiger partial charge is 0.191 e. The van der Waals surface area contributed by atoms with Gasteiger partial charge in [0.1, 0.15) is 11.6 Å². The van der Waals surface area contributed by atoms with Crippen molar-refractivity contribution in [3.8, 4) is 0 Å². The molecule has 0 saturated heterocycles. The van der Waals surface area contributed by atoms with Crippen LogP contribution in [0.15, 0.2) is 11.2 Å². The second-order valence-electron chi connectivity index (χ2n) is 6.65. The molecule has 1 aliphatic carbocycles. The molecule has 0 aromatic carbocycles. The number of anilines is 2. The Morgan fingerprint density at radius 1 is 1.33 bits per heavy atom. The maximum absolute atomic E-state index is 4.60. The quantitative estimate of drug-likeness (QED) is 0.602. The predicted molar refractivity (Wildman–Crippen MR) is 92.3 cm³/mol. The van der Waals surface area contributed by atoms with Gasteiger partial charge in [0.25, 0.3) is 0 Å². The number of nitrogens with one attached hydrogen (secondary N) is 2. The zero-order valence-electron chi connectivity index (χ0n) is 13.7. The van der Waals surface area contributed by atoms with Gasteiger partial charge in [-0.2, -0.15) is 0 Å². The monoisotopic (exact) mass is 308 g/mol. The maximum Gasteiger partial charge on any atom is 0.191 e. The van der Waals surface area contributed by atoms with Crippen molar-refractivity contribution in [2.45, 2.75) is 64.1 Å². The summed E-state index contributed by atoms with van der Waals surface area (Å²) in [4.78, 5) is 9.11. The SMILES string of the molecule is CCCNc1cc(NC2CCCC(C)(C)C2)nc(SC)n1. The Labute approximate surface area is 132 Å². The van der Waals surface area contributed by atoms with Crippen LogP contribution in [-0.4, -0.2) is 28.8 Å². The number of hydrogen-bond donors (Lipinski definition) is 2. The fourth-order valence-electron chi connectivity index (χ4n) is 2.96. The first-order valence-electron chi connectivity index (χ1n) is 7.96. The molecule has 2 rings (SSSR count). The average Bonchev–Trinajstić information content (AvgIpc) is 2.43. The molecule has 0 radical (unpaired) electrons.